The van der Waals surface area contributed by atoms with Gasteiger partial charge in [0.05, 0.1) is 17.9 Å². The monoisotopic (exact) mass is 385 g/mol. The van der Waals surface area contributed by atoms with Gasteiger partial charge in [-0.1, -0.05) is 18.5 Å². The van der Waals surface area contributed by atoms with E-state index in [1.807, 2.05) is 13.8 Å². The molecule has 1 N–H and O–H groups in total. The van der Waals surface area contributed by atoms with Gasteiger partial charge in [-0.2, -0.15) is 0 Å². The van der Waals surface area contributed by atoms with Crippen molar-refractivity contribution < 1.29 is 19.5 Å². The van der Waals surface area contributed by atoms with Crippen LogP contribution in [0.4, 0.5) is 0 Å². The Balaban J connectivity index is 2.00. The number of hydrogen-bond acceptors (Lipinski definition) is 5. The molecular weight excluding hydrogens is 354 g/mol. The Morgan fingerprint density at radius 3 is 2.57 bits per heavy atom. The number of benzene rings is 1. The number of carbonyl (C=O) groups excluding carboxylic acids is 1. The maximum absolute atomic E-state index is 13.0. The molecule has 0 fully saturated rings. The molecule has 0 saturated carbocycles. The number of rotatable bonds is 6. The van der Waals surface area contributed by atoms with E-state index in [-0.39, 0.29) is 17.5 Å². The number of carbonyl (C=O) groups is 1. The Bertz CT molecular complexity index is 851. The third kappa shape index (κ3) is 3.54. The maximum Gasteiger partial charge on any atom is 0.168 e. The lowest BCUT2D eigenvalue weighted by molar-refractivity contribution is -0.116. The normalized spacial score (nSPS) is 19.7. The van der Waals surface area contributed by atoms with Crippen molar-refractivity contribution in [3.8, 4) is 5.75 Å². The standard InChI is InChI=1S/C23H31NO4/c1-6-8-18(24-28-7-2)22-19(25)11-16(12-20(22)26)21-13(3)14(4)23-17(15(21)5)9-10-27-23/h16,25H,6-12H2,1-5H3. The highest BCUT2D eigenvalue weighted by atomic mass is 16.6. The highest BCUT2D eigenvalue weighted by molar-refractivity contribution is 6.23. The van der Waals surface area contributed by atoms with Crippen molar-refractivity contribution >= 4 is 11.5 Å². The first-order valence-corrected chi connectivity index (χ1v) is 10.3. The number of aliphatic hydroxyl groups is 1. The van der Waals surface area contributed by atoms with E-state index in [0.29, 0.717) is 43.8 Å². The Morgan fingerprint density at radius 2 is 1.93 bits per heavy atom. The van der Waals surface area contributed by atoms with E-state index in [1.54, 1.807) is 0 Å². The van der Waals surface area contributed by atoms with E-state index >= 15 is 0 Å². The summed E-state index contributed by atoms with van der Waals surface area (Å²) in [6.07, 6.45) is 3.20. The predicted molar refractivity (Wildman–Crippen MR) is 110 cm³/mol. The molecule has 1 aliphatic heterocycles. The van der Waals surface area contributed by atoms with Gasteiger partial charge in [0.1, 0.15) is 18.1 Å². The second-order valence-corrected chi connectivity index (χ2v) is 7.75. The van der Waals surface area contributed by atoms with Crippen molar-refractivity contribution in [2.75, 3.05) is 13.2 Å². The first-order valence-electron chi connectivity index (χ1n) is 10.3. The van der Waals surface area contributed by atoms with Crippen LogP contribution in [0.15, 0.2) is 16.5 Å². The van der Waals surface area contributed by atoms with Crippen LogP contribution >= 0.6 is 0 Å². The Hall–Kier alpha value is -2.30. The van der Waals surface area contributed by atoms with Crippen LogP contribution in [-0.4, -0.2) is 29.8 Å². The van der Waals surface area contributed by atoms with Gasteiger partial charge in [0, 0.05) is 24.8 Å². The van der Waals surface area contributed by atoms with Gasteiger partial charge in [0.2, 0.25) is 0 Å². The summed E-state index contributed by atoms with van der Waals surface area (Å²) in [5.41, 5.74) is 6.91. The van der Waals surface area contributed by atoms with Crippen molar-refractivity contribution in [1.82, 2.24) is 0 Å². The summed E-state index contributed by atoms with van der Waals surface area (Å²) in [7, 11) is 0. The first kappa shape index (κ1) is 20.4. The zero-order chi connectivity index (χ0) is 20.4. The second-order valence-electron chi connectivity index (χ2n) is 7.75. The largest absolute Gasteiger partial charge is 0.511 e. The van der Waals surface area contributed by atoms with Gasteiger partial charge < -0.3 is 14.7 Å². The third-order valence-corrected chi connectivity index (χ3v) is 5.96. The van der Waals surface area contributed by atoms with E-state index in [1.165, 1.54) is 22.3 Å². The minimum Gasteiger partial charge on any atom is -0.511 e. The SMILES string of the molecule is CCCC(=NOCC)C1=C(O)CC(c2c(C)c(C)c3c(c2C)CCO3)CC1=O. The maximum atomic E-state index is 13.0. The molecule has 0 aromatic heterocycles. The number of ether oxygens (including phenoxy) is 1. The zero-order valence-corrected chi connectivity index (χ0v) is 17.6. The van der Waals surface area contributed by atoms with E-state index < -0.39 is 0 Å². The number of ketones is 1. The molecular formula is C23H31NO4. The number of hydrogen-bond donors (Lipinski definition) is 1. The quantitative estimate of drug-likeness (QED) is 0.553. The Morgan fingerprint density at radius 1 is 1.18 bits per heavy atom. The molecule has 28 heavy (non-hydrogen) atoms. The summed E-state index contributed by atoms with van der Waals surface area (Å²) in [5, 5.41) is 14.9. The van der Waals surface area contributed by atoms with Crippen molar-refractivity contribution in [3.63, 3.8) is 0 Å². The van der Waals surface area contributed by atoms with Gasteiger partial charge in [0.25, 0.3) is 0 Å². The molecule has 1 unspecified atom stereocenters. The van der Waals surface area contributed by atoms with Crippen LogP contribution in [-0.2, 0) is 16.1 Å². The van der Waals surface area contributed by atoms with E-state index in [2.05, 4.69) is 25.9 Å². The van der Waals surface area contributed by atoms with Crippen LogP contribution in [0, 0.1) is 20.8 Å². The molecule has 152 valence electrons. The number of nitrogens with zero attached hydrogens (tertiary/aromatic N) is 1. The topological polar surface area (TPSA) is 68.1 Å². The average molecular weight is 386 g/mol. The van der Waals surface area contributed by atoms with E-state index in [9.17, 15) is 9.90 Å². The van der Waals surface area contributed by atoms with E-state index in [4.69, 9.17) is 9.57 Å². The molecule has 1 aromatic rings. The number of oxime groups is 1. The Labute approximate surface area is 167 Å². The first-order chi connectivity index (χ1) is 13.4. The predicted octanol–water partition coefficient (Wildman–Crippen LogP) is 5.00. The molecule has 1 aromatic carbocycles. The molecule has 1 heterocycles. The van der Waals surface area contributed by atoms with Gasteiger partial charge in [-0.3, -0.25) is 4.79 Å². The summed E-state index contributed by atoms with van der Waals surface area (Å²) in [5.74, 6) is 1.08. The molecule has 5 nitrogen and oxygen atoms in total. The highest BCUT2D eigenvalue weighted by Crippen LogP contribution is 2.44. The van der Waals surface area contributed by atoms with Gasteiger partial charge >= 0.3 is 0 Å². The lowest BCUT2D eigenvalue weighted by atomic mass is 9.76. The zero-order valence-electron chi connectivity index (χ0n) is 17.6. The van der Waals surface area contributed by atoms with Gasteiger partial charge in [-0.05, 0) is 62.3 Å². The minimum atomic E-state index is -0.0474. The third-order valence-electron chi connectivity index (χ3n) is 5.96. The smallest absolute Gasteiger partial charge is 0.168 e. The molecule has 1 aliphatic carbocycles. The molecule has 3 rings (SSSR count). The van der Waals surface area contributed by atoms with Crippen LogP contribution in [0.3, 0.4) is 0 Å². The van der Waals surface area contributed by atoms with Crippen molar-refractivity contribution in [3.05, 3.63) is 39.1 Å². The summed E-state index contributed by atoms with van der Waals surface area (Å²) in [6, 6.07) is 0. The van der Waals surface area contributed by atoms with Crippen molar-refractivity contribution in [2.24, 2.45) is 5.16 Å². The molecule has 0 bridgehead atoms. The number of aliphatic hydroxyl groups excluding tert-OH is 1. The number of fused-ring (bicyclic) bond motifs is 1. The highest BCUT2D eigenvalue weighted by Gasteiger charge is 2.34. The summed E-state index contributed by atoms with van der Waals surface area (Å²) >= 11 is 0. The summed E-state index contributed by atoms with van der Waals surface area (Å²) in [4.78, 5) is 18.2. The fraction of sp³-hybridized carbons (Fsp3) is 0.565. The minimum absolute atomic E-state index is 0.0178. The summed E-state index contributed by atoms with van der Waals surface area (Å²) in [6.45, 7) is 11.3. The van der Waals surface area contributed by atoms with Crippen LogP contribution in [0.5, 0.6) is 5.75 Å². The van der Waals surface area contributed by atoms with Crippen LogP contribution in [0.1, 0.15) is 73.3 Å². The van der Waals surface area contributed by atoms with Crippen LogP contribution in [0.2, 0.25) is 0 Å². The number of allylic oxidation sites excluding steroid dienone is 2. The molecule has 0 radical (unpaired) electrons. The fourth-order valence-corrected chi connectivity index (χ4v) is 4.60. The van der Waals surface area contributed by atoms with Gasteiger partial charge in [-0.15, -0.1) is 0 Å². The molecule has 0 saturated heterocycles. The van der Waals surface area contributed by atoms with Crippen molar-refractivity contribution in [1.29, 1.82) is 0 Å². The molecule has 2 aliphatic rings. The fourth-order valence-electron chi connectivity index (χ4n) is 4.60. The molecule has 0 spiro atoms. The molecule has 1 atom stereocenters. The van der Waals surface area contributed by atoms with Crippen LogP contribution in [0.25, 0.3) is 0 Å². The second kappa shape index (κ2) is 8.38. The average Bonchev–Trinajstić information content (AvgIpc) is 3.14. The lowest BCUT2D eigenvalue weighted by Gasteiger charge is -2.28. The van der Waals surface area contributed by atoms with E-state index in [0.717, 1.165) is 24.2 Å². The number of Topliss-reactive ketones (excluding diaryl/α,β-unsaturated/α-hetero) is 1. The molecule has 0 amide bonds. The molecule has 5 heteroatoms. The van der Waals surface area contributed by atoms with Crippen molar-refractivity contribution in [2.45, 2.75) is 72.6 Å². The lowest BCUT2D eigenvalue weighted by Crippen LogP contribution is -2.25. The Kier molecular flexibility index (Phi) is 6.11. The van der Waals surface area contributed by atoms with Gasteiger partial charge in [0.15, 0.2) is 5.78 Å². The van der Waals surface area contributed by atoms with Crippen LogP contribution < -0.4 is 4.74 Å². The summed E-state index contributed by atoms with van der Waals surface area (Å²) < 4.78 is 5.83. The van der Waals surface area contributed by atoms with Gasteiger partial charge in [-0.25, -0.2) is 0 Å².